The maximum Gasteiger partial charge on any atom is 0.271 e. The lowest BCUT2D eigenvalue weighted by Crippen LogP contribution is -2.46. The first kappa shape index (κ1) is 16.1. The molecule has 1 aromatic carbocycles. The van der Waals surface area contributed by atoms with E-state index in [1.165, 1.54) is 0 Å². The van der Waals surface area contributed by atoms with Gasteiger partial charge in [-0.25, -0.2) is 0 Å². The Morgan fingerprint density at radius 1 is 1.18 bits per heavy atom. The van der Waals surface area contributed by atoms with Gasteiger partial charge in [0.1, 0.15) is 5.75 Å². The van der Waals surface area contributed by atoms with E-state index >= 15 is 0 Å². The number of carbonyl (C=O) groups is 2. The van der Waals surface area contributed by atoms with Crippen LogP contribution in [0.5, 0.6) is 5.75 Å². The molecule has 0 aliphatic heterocycles. The highest BCUT2D eigenvalue weighted by Crippen LogP contribution is 2.25. The highest BCUT2D eigenvalue weighted by Gasteiger charge is 2.31. The minimum Gasteiger partial charge on any atom is -0.470 e. The number of Topliss-reactive ketones (excluding diaryl/α,β-unsaturated/α-hetero) is 1. The van der Waals surface area contributed by atoms with E-state index < -0.39 is 6.10 Å². The number of nitrogens with zero attached hydrogens (tertiary/aromatic N) is 1. The Hall–Kier alpha value is -2.30. The van der Waals surface area contributed by atoms with Crippen LogP contribution in [0.1, 0.15) is 27.2 Å². The van der Waals surface area contributed by atoms with Crippen LogP contribution < -0.4 is 4.74 Å². The number of hydrogen-bond acceptors (Lipinski definition) is 3. The van der Waals surface area contributed by atoms with Crippen LogP contribution in [0.2, 0.25) is 0 Å². The van der Waals surface area contributed by atoms with E-state index in [9.17, 15) is 9.59 Å². The first-order chi connectivity index (χ1) is 10.6. The molecule has 1 aromatic heterocycles. The fraction of sp³-hybridized carbons (Fsp3) is 0.412. The van der Waals surface area contributed by atoms with Gasteiger partial charge in [0.25, 0.3) is 5.91 Å². The lowest BCUT2D eigenvalue weighted by atomic mass is 10.1. The van der Waals surface area contributed by atoms with Crippen LogP contribution in [0.4, 0.5) is 0 Å². The Morgan fingerprint density at radius 2 is 1.91 bits per heavy atom. The normalized spacial score (nSPS) is 12.1. The second-order valence-electron chi connectivity index (χ2n) is 5.03. The molecule has 0 spiro atoms. The van der Waals surface area contributed by atoms with Crippen LogP contribution in [0, 0.1) is 0 Å². The van der Waals surface area contributed by atoms with Crippen molar-refractivity contribution in [2.24, 2.45) is 0 Å². The minimum atomic E-state index is -1.08. The van der Waals surface area contributed by atoms with Gasteiger partial charge in [-0.3, -0.25) is 9.59 Å². The van der Waals surface area contributed by atoms with Gasteiger partial charge in [-0.2, -0.15) is 0 Å². The number of amides is 1. The molecule has 0 aliphatic rings. The summed E-state index contributed by atoms with van der Waals surface area (Å²) in [5.74, 6) is 0.0377. The number of H-pyrrole nitrogens is 1. The largest absolute Gasteiger partial charge is 0.470 e. The quantitative estimate of drug-likeness (QED) is 0.800. The Labute approximate surface area is 130 Å². The Balaban J connectivity index is 2.32. The van der Waals surface area contributed by atoms with Crippen molar-refractivity contribution >= 4 is 22.6 Å². The number of fused-ring (bicyclic) bond motifs is 1. The molecule has 22 heavy (non-hydrogen) atoms. The summed E-state index contributed by atoms with van der Waals surface area (Å²) in [6.45, 7) is 6.63. The topological polar surface area (TPSA) is 62.4 Å². The summed E-state index contributed by atoms with van der Waals surface area (Å²) in [4.78, 5) is 29.4. The smallest absolute Gasteiger partial charge is 0.271 e. The van der Waals surface area contributed by atoms with Gasteiger partial charge in [0.15, 0.2) is 5.78 Å². The van der Waals surface area contributed by atoms with Gasteiger partial charge in [-0.15, -0.1) is 0 Å². The van der Waals surface area contributed by atoms with Crippen molar-refractivity contribution in [3.05, 3.63) is 30.5 Å². The van der Waals surface area contributed by atoms with E-state index in [-0.39, 0.29) is 18.1 Å². The molecule has 0 radical (unpaired) electrons. The molecule has 5 nitrogen and oxygen atoms in total. The van der Waals surface area contributed by atoms with Crippen LogP contribution in [0.15, 0.2) is 30.5 Å². The number of ether oxygens (including phenoxy) is 1. The van der Waals surface area contributed by atoms with Gasteiger partial charge in [-0.05, 0) is 26.0 Å². The molecule has 1 atom stereocenters. The van der Waals surface area contributed by atoms with Crippen molar-refractivity contribution in [3.8, 4) is 5.75 Å². The predicted molar refractivity (Wildman–Crippen MR) is 85.9 cm³/mol. The van der Waals surface area contributed by atoms with Gasteiger partial charge in [0.2, 0.25) is 6.10 Å². The summed E-state index contributed by atoms with van der Waals surface area (Å²) in [5.41, 5.74) is 0.795. The van der Waals surface area contributed by atoms with E-state index in [2.05, 4.69) is 4.98 Å². The molecule has 2 rings (SSSR count). The molecular weight excluding hydrogens is 280 g/mol. The van der Waals surface area contributed by atoms with Crippen molar-refractivity contribution in [2.45, 2.75) is 33.3 Å². The number of aromatic amines is 1. The standard InChI is InChI=1S/C17H22N2O3/c1-4-13(20)16(17(21)19(5-2)6-3)22-14-9-7-8-12-10-11-18-15(12)14/h7-11,16,18H,4-6H2,1-3H3. The molecule has 118 valence electrons. The zero-order chi connectivity index (χ0) is 16.1. The lowest BCUT2D eigenvalue weighted by Gasteiger charge is -2.25. The number of hydrogen-bond donors (Lipinski definition) is 1. The zero-order valence-corrected chi connectivity index (χ0v) is 13.3. The summed E-state index contributed by atoms with van der Waals surface area (Å²) in [6.07, 6.45) is 0.984. The maximum atomic E-state index is 12.6. The van der Waals surface area contributed by atoms with E-state index in [1.54, 1.807) is 24.1 Å². The maximum absolute atomic E-state index is 12.6. The van der Waals surface area contributed by atoms with Crippen molar-refractivity contribution in [1.29, 1.82) is 0 Å². The Bertz CT molecular complexity index is 659. The van der Waals surface area contributed by atoms with Gasteiger partial charge < -0.3 is 14.6 Å². The number of carbonyl (C=O) groups excluding carboxylic acids is 2. The molecule has 1 heterocycles. The van der Waals surface area contributed by atoms with Gasteiger partial charge in [0, 0.05) is 31.1 Å². The van der Waals surface area contributed by atoms with E-state index in [1.807, 2.05) is 32.0 Å². The summed E-state index contributed by atoms with van der Waals surface area (Å²) >= 11 is 0. The SMILES string of the molecule is CCC(=O)C(Oc1cccc2cc[nH]c12)C(=O)N(CC)CC. The molecule has 0 saturated carbocycles. The third-order valence-electron chi connectivity index (χ3n) is 3.73. The fourth-order valence-electron chi connectivity index (χ4n) is 2.42. The minimum absolute atomic E-state index is 0.208. The number of likely N-dealkylation sites (N-methyl/N-ethyl adjacent to an activating group) is 1. The molecular formula is C17H22N2O3. The fourth-order valence-corrected chi connectivity index (χ4v) is 2.42. The lowest BCUT2D eigenvalue weighted by molar-refractivity contribution is -0.145. The van der Waals surface area contributed by atoms with Gasteiger partial charge in [0.05, 0.1) is 5.52 Å². The Kier molecular flexibility index (Phi) is 5.20. The van der Waals surface area contributed by atoms with E-state index in [0.29, 0.717) is 18.8 Å². The molecule has 2 aromatic rings. The third kappa shape index (κ3) is 3.13. The van der Waals surface area contributed by atoms with Crippen LogP contribution in [-0.4, -0.2) is 40.8 Å². The van der Waals surface area contributed by atoms with Crippen LogP contribution in [-0.2, 0) is 9.59 Å². The van der Waals surface area contributed by atoms with E-state index in [4.69, 9.17) is 4.74 Å². The zero-order valence-electron chi connectivity index (χ0n) is 13.3. The second-order valence-corrected chi connectivity index (χ2v) is 5.03. The number of aromatic nitrogens is 1. The second kappa shape index (κ2) is 7.11. The number of benzene rings is 1. The summed E-state index contributed by atoms with van der Waals surface area (Å²) < 4.78 is 5.81. The molecule has 0 aliphatic carbocycles. The Morgan fingerprint density at radius 3 is 2.55 bits per heavy atom. The number of rotatable bonds is 7. The van der Waals surface area contributed by atoms with E-state index in [0.717, 1.165) is 10.9 Å². The first-order valence-electron chi connectivity index (χ1n) is 7.66. The highest BCUT2D eigenvalue weighted by molar-refractivity contribution is 6.04. The summed E-state index contributed by atoms with van der Waals surface area (Å²) in [7, 11) is 0. The summed E-state index contributed by atoms with van der Waals surface area (Å²) in [5, 5.41) is 0.982. The molecule has 0 bridgehead atoms. The number of ketones is 1. The molecule has 0 fully saturated rings. The molecule has 0 saturated heterocycles. The number of nitrogens with one attached hydrogen (secondary N) is 1. The van der Waals surface area contributed by atoms with Gasteiger partial charge >= 0.3 is 0 Å². The molecule has 1 N–H and O–H groups in total. The molecule has 1 unspecified atom stereocenters. The predicted octanol–water partition coefficient (Wildman–Crippen LogP) is 2.76. The third-order valence-corrected chi connectivity index (χ3v) is 3.73. The summed E-state index contributed by atoms with van der Waals surface area (Å²) in [6, 6.07) is 7.48. The van der Waals surface area contributed by atoms with Crippen molar-refractivity contribution in [3.63, 3.8) is 0 Å². The first-order valence-corrected chi connectivity index (χ1v) is 7.66. The molecule has 1 amide bonds. The van der Waals surface area contributed by atoms with Crippen molar-refractivity contribution in [1.82, 2.24) is 9.88 Å². The highest BCUT2D eigenvalue weighted by atomic mass is 16.5. The van der Waals surface area contributed by atoms with Crippen molar-refractivity contribution in [2.75, 3.05) is 13.1 Å². The number of para-hydroxylation sites is 1. The van der Waals surface area contributed by atoms with Crippen LogP contribution in [0.3, 0.4) is 0 Å². The monoisotopic (exact) mass is 302 g/mol. The van der Waals surface area contributed by atoms with Crippen LogP contribution >= 0.6 is 0 Å². The average Bonchev–Trinajstić information content (AvgIpc) is 3.02. The van der Waals surface area contributed by atoms with Crippen LogP contribution in [0.25, 0.3) is 10.9 Å². The average molecular weight is 302 g/mol. The van der Waals surface area contributed by atoms with Gasteiger partial charge in [-0.1, -0.05) is 19.1 Å². The molecule has 5 heteroatoms. The van der Waals surface area contributed by atoms with Crippen molar-refractivity contribution < 1.29 is 14.3 Å².